The highest BCUT2D eigenvalue weighted by Crippen LogP contribution is 2.18. The first kappa shape index (κ1) is 16.3. The molecule has 1 aromatic rings. The Morgan fingerprint density at radius 2 is 1.76 bits per heavy atom. The van der Waals surface area contributed by atoms with E-state index in [-0.39, 0.29) is 35.9 Å². The lowest BCUT2D eigenvalue weighted by Gasteiger charge is -2.33. The number of nitrogens with zero attached hydrogens (tertiary/aromatic N) is 1. The topological polar surface area (TPSA) is 66.5 Å². The maximum atomic E-state index is 12.4. The van der Waals surface area contributed by atoms with Gasteiger partial charge in [0.1, 0.15) is 0 Å². The van der Waals surface area contributed by atoms with Crippen LogP contribution in [0.4, 0.5) is 0 Å². The van der Waals surface area contributed by atoms with Crippen molar-refractivity contribution in [1.29, 1.82) is 0 Å². The molecule has 1 aromatic carbocycles. The molecular formula is C14H19ClN2O3S. The molecular weight excluding hydrogens is 312 g/mol. The van der Waals surface area contributed by atoms with E-state index in [0.29, 0.717) is 26.1 Å². The number of hydrogen-bond donors (Lipinski definition) is 1. The fourth-order valence-corrected chi connectivity index (χ4v) is 3.98. The molecule has 0 radical (unpaired) electrons. The molecule has 1 N–H and O–H groups in total. The van der Waals surface area contributed by atoms with Gasteiger partial charge in [0.25, 0.3) is 0 Å². The molecule has 1 atom stereocenters. The van der Waals surface area contributed by atoms with Crippen molar-refractivity contribution in [3.8, 4) is 0 Å². The number of fused-ring (bicyclic) bond motifs is 1. The van der Waals surface area contributed by atoms with Gasteiger partial charge in [0.05, 0.1) is 17.5 Å². The largest absolute Gasteiger partial charge is 0.339 e. The minimum Gasteiger partial charge on any atom is -0.339 e. The number of halogens is 1. The smallest absolute Gasteiger partial charge is 0.240 e. The van der Waals surface area contributed by atoms with Gasteiger partial charge in [-0.2, -0.15) is 0 Å². The van der Waals surface area contributed by atoms with E-state index in [2.05, 4.69) is 17.4 Å². The molecule has 0 saturated carbocycles. The summed E-state index contributed by atoms with van der Waals surface area (Å²) in [7, 11) is -2.94. The van der Waals surface area contributed by atoms with Gasteiger partial charge in [-0.3, -0.25) is 4.79 Å². The molecule has 7 heteroatoms. The van der Waals surface area contributed by atoms with Crippen LogP contribution in [0.2, 0.25) is 0 Å². The van der Waals surface area contributed by atoms with E-state index >= 15 is 0 Å². The molecule has 3 rings (SSSR count). The quantitative estimate of drug-likeness (QED) is 0.808. The van der Waals surface area contributed by atoms with Crippen molar-refractivity contribution in [2.75, 3.05) is 24.6 Å². The first-order valence-electron chi connectivity index (χ1n) is 6.84. The third-order valence-corrected chi connectivity index (χ3v) is 5.64. The maximum Gasteiger partial charge on any atom is 0.240 e. The van der Waals surface area contributed by atoms with Crippen molar-refractivity contribution in [1.82, 2.24) is 10.2 Å². The molecule has 1 saturated heterocycles. The average Bonchev–Trinajstić information content (AvgIpc) is 2.46. The summed E-state index contributed by atoms with van der Waals surface area (Å²) in [5, 5.41) is 3.25. The maximum absolute atomic E-state index is 12.4. The Bertz CT molecular complexity index is 619. The van der Waals surface area contributed by atoms with Gasteiger partial charge in [0, 0.05) is 19.6 Å². The van der Waals surface area contributed by atoms with Gasteiger partial charge >= 0.3 is 0 Å². The van der Waals surface area contributed by atoms with Gasteiger partial charge in [-0.15, -0.1) is 12.4 Å². The van der Waals surface area contributed by atoms with Crippen molar-refractivity contribution in [2.24, 2.45) is 0 Å². The zero-order valence-corrected chi connectivity index (χ0v) is 13.3. The lowest BCUT2D eigenvalue weighted by molar-refractivity contribution is -0.133. The van der Waals surface area contributed by atoms with Crippen LogP contribution in [0.5, 0.6) is 0 Å². The van der Waals surface area contributed by atoms with Crippen molar-refractivity contribution >= 4 is 28.2 Å². The van der Waals surface area contributed by atoms with E-state index < -0.39 is 9.84 Å². The minimum atomic E-state index is -2.94. The van der Waals surface area contributed by atoms with Gasteiger partial charge in [0.2, 0.25) is 5.91 Å². The number of hydrogen-bond acceptors (Lipinski definition) is 4. The summed E-state index contributed by atoms with van der Waals surface area (Å²) in [6, 6.07) is 7.87. The number of benzene rings is 1. The van der Waals surface area contributed by atoms with Crippen molar-refractivity contribution < 1.29 is 13.2 Å². The third kappa shape index (κ3) is 3.56. The van der Waals surface area contributed by atoms with Crippen LogP contribution in [0.3, 0.4) is 0 Å². The Kier molecular flexibility index (Phi) is 4.91. The molecule has 1 amide bonds. The monoisotopic (exact) mass is 330 g/mol. The Labute approximate surface area is 131 Å². The summed E-state index contributed by atoms with van der Waals surface area (Å²) < 4.78 is 22.8. The van der Waals surface area contributed by atoms with Crippen LogP contribution < -0.4 is 5.32 Å². The van der Waals surface area contributed by atoms with Crippen molar-refractivity contribution in [3.05, 3.63) is 35.4 Å². The zero-order valence-electron chi connectivity index (χ0n) is 11.6. The van der Waals surface area contributed by atoms with Crippen molar-refractivity contribution in [3.63, 3.8) is 0 Å². The second kappa shape index (κ2) is 6.34. The molecule has 0 aliphatic carbocycles. The first-order valence-corrected chi connectivity index (χ1v) is 8.67. The molecule has 1 fully saturated rings. The van der Waals surface area contributed by atoms with Gasteiger partial charge < -0.3 is 10.2 Å². The molecule has 2 aliphatic heterocycles. The first-order chi connectivity index (χ1) is 9.55. The van der Waals surface area contributed by atoms with Crippen LogP contribution in [-0.2, 0) is 27.6 Å². The second-order valence-corrected chi connectivity index (χ2v) is 7.69. The van der Waals surface area contributed by atoms with E-state index in [0.717, 1.165) is 0 Å². The highest BCUT2D eigenvalue weighted by atomic mass is 35.5. The average molecular weight is 331 g/mol. The van der Waals surface area contributed by atoms with Crippen LogP contribution >= 0.6 is 12.4 Å². The molecule has 21 heavy (non-hydrogen) atoms. The Morgan fingerprint density at radius 1 is 1.14 bits per heavy atom. The Balaban J connectivity index is 0.00000161. The predicted molar refractivity (Wildman–Crippen MR) is 83.3 cm³/mol. The molecule has 0 aromatic heterocycles. The zero-order chi connectivity index (χ0) is 14.2. The van der Waals surface area contributed by atoms with E-state index in [9.17, 15) is 13.2 Å². The van der Waals surface area contributed by atoms with Crippen LogP contribution in [0.25, 0.3) is 0 Å². The summed E-state index contributed by atoms with van der Waals surface area (Å²) in [6.45, 7) is 1.33. The second-order valence-electron chi connectivity index (χ2n) is 5.38. The summed E-state index contributed by atoms with van der Waals surface area (Å²) in [4.78, 5) is 14.1. The summed E-state index contributed by atoms with van der Waals surface area (Å²) in [5.41, 5.74) is 2.44. The van der Waals surface area contributed by atoms with Gasteiger partial charge in [-0.05, 0) is 17.5 Å². The van der Waals surface area contributed by atoms with Crippen LogP contribution in [-0.4, -0.2) is 49.9 Å². The Hall–Kier alpha value is -1.11. The van der Waals surface area contributed by atoms with Crippen LogP contribution in [0, 0.1) is 0 Å². The summed E-state index contributed by atoms with van der Waals surface area (Å²) in [6.07, 6.45) is 0.679. The van der Waals surface area contributed by atoms with E-state index in [1.54, 1.807) is 4.90 Å². The fourth-order valence-electron chi connectivity index (χ4n) is 2.78. The number of carbonyl (C=O) groups excluding carboxylic acids is 1. The molecule has 2 aliphatic rings. The fraction of sp³-hybridized carbons (Fsp3) is 0.500. The number of carbonyl (C=O) groups is 1. The SMILES string of the molecule is Cl.O=C(C1Cc2ccccc2CN1)N1CCS(=O)(=O)CC1. The van der Waals surface area contributed by atoms with Crippen LogP contribution in [0.15, 0.2) is 24.3 Å². The summed E-state index contributed by atoms with van der Waals surface area (Å²) in [5.74, 6) is 0.193. The lowest BCUT2D eigenvalue weighted by atomic mass is 9.95. The third-order valence-electron chi connectivity index (χ3n) is 4.04. The number of amides is 1. The summed E-state index contributed by atoms with van der Waals surface area (Å²) >= 11 is 0. The van der Waals surface area contributed by atoms with Gasteiger partial charge in [0.15, 0.2) is 9.84 Å². The predicted octanol–water partition coefficient (Wildman–Crippen LogP) is 0.380. The normalized spacial score (nSPS) is 23.8. The van der Waals surface area contributed by atoms with E-state index in [1.165, 1.54) is 11.1 Å². The van der Waals surface area contributed by atoms with E-state index in [1.807, 2.05) is 12.1 Å². The molecule has 0 bridgehead atoms. The van der Waals surface area contributed by atoms with Crippen LogP contribution in [0.1, 0.15) is 11.1 Å². The standard InChI is InChI=1S/C14H18N2O3S.ClH/c17-14(16-5-7-20(18,19)8-6-16)13-9-11-3-1-2-4-12(11)10-15-13;/h1-4,13,15H,5-10H2;1H. The number of nitrogens with one attached hydrogen (secondary N) is 1. The minimum absolute atomic E-state index is 0. The van der Waals surface area contributed by atoms with Crippen molar-refractivity contribution in [2.45, 2.75) is 19.0 Å². The van der Waals surface area contributed by atoms with Gasteiger partial charge in [-0.1, -0.05) is 24.3 Å². The Morgan fingerprint density at radius 3 is 2.43 bits per heavy atom. The molecule has 116 valence electrons. The lowest BCUT2D eigenvalue weighted by Crippen LogP contribution is -2.53. The van der Waals surface area contributed by atoms with E-state index in [4.69, 9.17) is 0 Å². The number of sulfone groups is 1. The number of rotatable bonds is 1. The highest BCUT2D eigenvalue weighted by Gasteiger charge is 2.31. The molecule has 2 heterocycles. The molecule has 5 nitrogen and oxygen atoms in total. The highest BCUT2D eigenvalue weighted by molar-refractivity contribution is 7.91. The van der Waals surface area contributed by atoms with Gasteiger partial charge in [-0.25, -0.2) is 8.42 Å². The molecule has 0 spiro atoms. The molecule has 1 unspecified atom stereocenters.